The van der Waals surface area contributed by atoms with Crippen LogP contribution in [0.3, 0.4) is 0 Å². The van der Waals surface area contributed by atoms with Crippen molar-refractivity contribution < 1.29 is 18.8 Å². The summed E-state index contributed by atoms with van der Waals surface area (Å²) in [5, 5.41) is 2.79. The summed E-state index contributed by atoms with van der Waals surface area (Å²) < 4.78 is 13.3. The van der Waals surface area contributed by atoms with Crippen LogP contribution in [0.4, 0.5) is 15.8 Å². The number of carbonyl (C=O) groups is 3. The summed E-state index contributed by atoms with van der Waals surface area (Å²) in [6, 6.07) is 11.7. The summed E-state index contributed by atoms with van der Waals surface area (Å²) in [6.45, 7) is 2.72. The first-order valence-corrected chi connectivity index (χ1v) is 9.66. The highest BCUT2D eigenvalue weighted by molar-refractivity contribution is 6.01. The number of halogens is 1. The Morgan fingerprint density at radius 1 is 1.21 bits per heavy atom. The van der Waals surface area contributed by atoms with Crippen molar-refractivity contribution in [3.63, 3.8) is 0 Å². The number of fused-ring (bicyclic) bond motifs is 1. The molecular formula is C22H22FN3O3. The average Bonchev–Trinajstić information content (AvgIpc) is 3.29. The van der Waals surface area contributed by atoms with Crippen LogP contribution in [0.1, 0.15) is 24.5 Å². The third-order valence-electron chi connectivity index (χ3n) is 5.50. The molecule has 0 radical (unpaired) electrons. The highest BCUT2D eigenvalue weighted by Gasteiger charge is 2.35. The predicted octanol–water partition coefficient (Wildman–Crippen LogP) is 2.40. The second-order valence-corrected chi connectivity index (χ2v) is 7.49. The van der Waals surface area contributed by atoms with Crippen LogP contribution in [0.2, 0.25) is 0 Å². The predicted molar refractivity (Wildman–Crippen MR) is 107 cm³/mol. The van der Waals surface area contributed by atoms with Gasteiger partial charge in [0.15, 0.2) is 0 Å². The van der Waals surface area contributed by atoms with E-state index in [1.54, 1.807) is 28.9 Å². The van der Waals surface area contributed by atoms with E-state index in [0.29, 0.717) is 18.7 Å². The van der Waals surface area contributed by atoms with Crippen LogP contribution >= 0.6 is 0 Å². The Morgan fingerprint density at radius 3 is 2.79 bits per heavy atom. The van der Waals surface area contributed by atoms with E-state index >= 15 is 0 Å². The lowest BCUT2D eigenvalue weighted by Crippen LogP contribution is -2.32. The SMILES string of the molecule is CC(=O)N1CCc2cc(N3C[C@H](C(=O)NCc4cccc(F)c4)CC3=O)ccc21. The summed E-state index contributed by atoms with van der Waals surface area (Å²) >= 11 is 0. The van der Waals surface area contributed by atoms with E-state index in [4.69, 9.17) is 0 Å². The Balaban J connectivity index is 1.42. The molecule has 0 saturated carbocycles. The molecule has 1 N–H and O–H groups in total. The quantitative estimate of drug-likeness (QED) is 0.864. The van der Waals surface area contributed by atoms with Crippen LogP contribution in [0.15, 0.2) is 42.5 Å². The molecule has 1 fully saturated rings. The summed E-state index contributed by atoms with van der Waals surface area (Å²) in [5.74, 6) is -1.10. The van der Waals surface area contributed by atoms with E-state index in [-0.39, 0.29) is 36.5 Å². The van der Waals surface area contributed by atoms with Crippen molar-refractivity contribution in [3.05, 3.63) is 59.4 Å². The Morgan fingerprint density at radius 2 is 2.03 bits per heavy atom. The van der Waals surface area contributed by atoms with E-state index in [1.165, 1.54) is 12.1 Å². The van der Waals surface area contributed by atoms with Gasteiger partial charge in [-0.1, -0.05) is 12.1 Å². The lowest BCUT2D eigenvalue weighted by Gasteiger charge is -2.19. The molecule has 1 saturated heterocycles. The van der Waals surface area contributed by atoms with E-state index in [2.05, 4.69) is 5.32 Å². The number of nitrogens with zero attached hydrogens (tertiary/aromatic N) is 2. The third kappa shape index (κ3) is 3.85. The fraction of sp³-hybridized carbons (Fsp3) is 0.318. The monoisotopic (exact) mass is 395 g/mol. The van der Waals surface area contributed by atoms with Crippen molar-refractivity contribution >= 4 is 29.1 Å². The first kappa shape index (κ1) is 19.1. The normalized spacial score (nSPS) is 18.1. The van der Waals surface area contributed by atoms with Gasteiger partial charge < -0.3 is 15.1 Å². The maximum absolute atomic E-state index is 13.3. The molecule has 2 aliphatic rings. The number of carbonyl (C=O) groups excluding carboxylic acids is 3. The highest BCUT2D eigenvalue weighted by Crippen LogP contribution is 2.34. The van der Waals surface area contributed by atoms with Gasteiger partial charge in [0.1, 0.15) is 5.82 Å². The van der Waals surface area contributed by atoms with Crippen molar-refractivity contribution in [2.24, 2.45) is 5.92 Å². The summed E-state index contributed by atoms with van der Waals surface area (Å²) in [5.41, 5.74) is 3.34. The van der Waals surface area contributed by atoms with Crippen molar-refractivity contribution in [1.82, 2.24) is 5.32 Å². The lowest BCUT2D eigenvalue weighted by molar-refractivity contribution is -0.126. The molecule has 6 nitrogen and oxygen atoms in total. The zero-order valence-electron chi connectivity index (χ0n) is 16.2. The second-order valence-electron chi connectivity index (χ2n) is 7.49. The topological polar surface area (TPSA) is 69.7 Å². The Bertz CT molecular complexity index is 991. The van der Waals surface area contributed by atoms with Crippen molar-refractivity contribution in [2.45, 2.75) is 26.3 Å². The van der Waals surface area contributed by atoms with Gasteiger partial charge in [0.25, 0.3) is 0 Å². The average molecular weight is 395 g/mol. The number of nitrogens with one attached hydrogen (secondary N) is 1. The zero-order chi connectivity index (χ0) is 20.5. The van der Waals surface area contributed by atoms with Gasteiger partial charge in [-0.2, -0.15) is 0 Å². The third-order valence-corrected chi connectivity index (χ3v) is 5.50. The maximum atomic E-state index is 13.3. The molecule has 3 amide bonds. The van der Waals surface area contributed by atoms with Gasteiger partial charge in [0, 0.05) is 44.4 Å². The standard InChI is InChI=1S/C22H22FN3O3/c1-14(27)25-8-7-16-10-19(5-6-20(16)25)26-13-17(11-21(26)28)22(29)24-12-15-3-2-4-18(23)9-15/h2-6,9-10,17H,7-8,11-13H2,1H3,(H,24,29)/t17-/m1/s1. The maximum Gasteiger partial charge on any atom is 0.227 e. The molecule has 0 spiro atoms. The first-order chi connectivity index (χ1) is 13.9. The van der Waals surface area contributed by atoms with E-state index < -0.39 is 5.92 Å². The Hall–Kier alpha value is -3.22. The van der Waals surface area contributed by atoms with Gasteiger partial charge in [-0.25, -0.2) is 4.39 Å². The van der Waals surface area contributed by atoms with E-state index in [9.17, 15) is 18.8 Å². The molecule has 29 heavy (non-hydrogen) atoms. The fourth-order valence-electron chi connectivity index (χ4n) is 4.00. The fourth-order valence-corrected chi connectivity index (χ4v) is 4.00. The molecule has 150 valence electrons. The number of amides is 3. The van der Waals surface area contributed by atoms with Gasteiger partial charge >= 0.3 is 0 Å². The number of hydrogen-bond donors (Lipinski definition) is 1. The minimum atomic E-state index is -0.446. The number of hydrogen-bond acceptors (Lipinski definition) is 3. The molecule has 2 aliphatic heterocycles. The van der Waals surface area contributed by atoms with E-state index in [0.717, 1.165) is 23.4 Å². The van der Waals surface area contributed by atoms with E-state index in [1.807, 2.05) is 18.2 Å². The first-order valence-electron chi connectivity index (χ1n) is 9.66. The molecule has 1 atom stereocenters. The van der Waals surface area contributed by atoms with Gasteiger partial charge in [-0.3, -0.25) is 14.4 Å². The summed E-state index contributed by atoms with van der Waals surface area (Å²) in [6.07, 6.45) is 0.897. The largest absolute Gasteiger partial charge is 0.352 e. The van der Waals surface area contributed by atoms with Crippen molar-refractivity contribution in [3.8, 4) is 0 Å². The van der Waals surface area contributed by atoms with Gasteiger partial charge in [-0.15, -0.1) is 0 Å². The smallest absolute Gasteiger partial charge is 0.227 e. The summed E-state index contributed by atoms with van der Waals surface area (Å²) in [7, 11) is 0. The van der Waals surface area contributed by atoms with Gasteiger partial charge in [0.05, 0.1) is 5.92 Å². The molecule has 0 unspecified atom stereocenters. The summed E-state index contributed by atoms with van der Waals surface area (Å²) in [4.78, 5) is 40.1. The molecule has 0 aromatic heterocycles. The highest BCUT2D eigenvalue weighted by atomic mass is 19.1. The second kappa shape index (κ2) is 7.66. The van der Waals surface area contributed by atoms with Crippen molar-refractivity contribution in [1.29, 1.82) is 0 Å². The molecule has 0 bridgehead atoms. The van der Waals surface area contributed by atoms with Crippen LogP contribution in [-0.2, 0) is 27.3 Å². The molecule has 2 heterocycles. The van der Waals surface area contributed by atoms with Gasteiger partial charge in [0.2, 0.25) is 17.7 Å². The molecule has 7 heteroatoms. The van der Waals surface area contributed by atoms with Crippen LogP contribution in [0, 0.1) is 11.7 Å². The zero-order valence-corrected chi connectivity index (χ0v) is 16.2. The van der Waals surface area contributed by atoms with Crippen molar-refractivity contribution in [2.75, 3.05) is 22.9 Å². The number of benzene rings is 2. The minimum absolute atomic E-state index is 0.00350. The minimum Gasteiger partial charge on any atom is -0.352 e. The number of anilines is 2. The lowest BCUT2D eigenvalue weighted by atomic mass is 10.1. The molecule has 2 aromatic rings. The molecular weight excluding hydrogens is 373 g/mol. The van der Waals surface area contributed by atoms with Crippen LogP contribution < -0.4 is 15.1 Å². The molecule has 0 aliphatic carbocycles. The molecule has 4 rings (SSSR count). The number of rotatable bonds is 4. The van der Waals surface area contributed by atoms with Crippen LogP contribution in [0.5, 0.6) is 0 Å². The van der Waals surface area contributed by atoms with Crippen LogP contribution in [0.25, 0.3) is 0 Å². The van der Waals surface area contributed by atoms with Gasteiger partial charge in [-0.05, 0) is 47.9 Å². The Kier molecular flexibility index (Phi) is 5.05. The Labute approximate surface area is 168 Å². The van der Waals surface area contributed by atoms with Crippen LogP contribution in [-0.4, -0.2) is 30.8 Å². The molecule has 2 aromatic carbocycles.